The fraction of sp³-hybridized carbons (Fsp3) is 0.292. The quantitative estimate of drug-likeness (QED) is 0.496. The van der Waals surface area contributed by atoms with Gasteiger partial charge in [-0.25, -0.2) is 9.97 Å². The molecule has 0 aliphatic carbocycles. The number of rotatable bonds is 3. The molecule has 0 amide bonds. The van der Waals surface area contributed by atoms with Gasteiger partial charge in [0.25, 0.3) is 0 Å². The predicted octanol–water partition coefficient (Wildman–Crippen LogP) is 3.55. The van der Waals surface area contributed by atoms with Crippen LogP contribution < -0.4 is 4.90 Å². The minimum Gasteiger partial charge on any atom is -0.377 e. The summed E-state index contributed by atoms with van der Waals surface area (Å²) in [5.41, 5.74) is 3.57. The molecule has 1 aromatic carbocycles. The first-order valence-electron chi connectivity index (χ1n) is 10.9. The molecule has 0 bridgehead atoms. The van der Waals surface area contributed by atoms with E-state index in [0.717, 1.165) is 52.8 Å². The minimum absolute atomic E-state index is 0.390. The van der Waals surface area contributed by atoms with Gasteiger partial charge in [0.15, 0.2) is 17.5 Å². The summed E-state index contributed by atoms with van der Waals surface area (Å²) in [7, 11) is 0. The van der Waals surface area contributed by atoms with Crippen molar-refractivity contribution < 1.29 is 4.74 Å². The van der Waals surface area contributed by atoms with E-state index in [0.29, 0.717) is 19.0 Å². The molecule has 5 heterocycles. The number of fused-ring (bicyclic) bond motifs is 6. The van der Waals surface area contributed by atoms with E-state index in [1.54, 1.807) is 6.20 Å². The molecule has 1 atom stereocenters. The third-order valence-electron chi connectivity index (χ3n) is 6.54. The standard InChI is InChI=1S/C24H23N7O/c1-3-24-15-32-12-11-30(24)22-20(31-16(2)28-29-23(24)31)14-26-21(27-22)18-9-10-25-13-19(18)17-7-5-4-6-8-17/h4-10,13-14H,3,11-12,15H2,1-2H3. The number of ether oxygens (including phenoxy) is 1. The normalized spacial score (nSPS) is 19.2. The Hall–Kier alpha value is -3.65. The number of nitrogens with zero attached hydrogens (tertiary/aromatic N) is 7. The summed E-state index contributed by atoms with van der Waals surface area (Å²) in [5, 5.41) is 8.93. The lowest BCUT2D eigenvalue weighted by Gasteiger charge is -2.49. The molecule has 3 aromatic heterocycles. The Labute approximate surface area is 186 Å². The molecule has 0 radical (unpaired) electrons. The topological polar surface area (TPSA) is 81.9 Å². The smallest absolute Gasteiger partial charge is 0.166 e. The van der Waals surface area contributed by atoms with Gasteiger partial charge in [-0.15, -0.1) is 10.2 Å². The van der Waals surface area contributed by atoms with E-state index in [4.69, 9.17) is 14.7 Å². The van der Waals surface area contributed by atoms with Crippen molar-refractivity contribution in [1.82, 2.24) is 29.7 Å². The summed E-state index contributed by atoms with van der Waals surface area (Å²) < 4.78 is 8.01. The van der Waals surface area contributed by atoms with Crippen molar-refractivity contribution in [2.45, 2.75) is 25.8 Å². The fourth-order valence-corrected chi connectivity index (χ4v) is 4.88. The molecule has 160 valence electrons. The first-order chi connectivity index (χ1) is 15.7. The van der Waals surface area contributed by atoms with Crippen LogP contribution in [0.1, 0.15) is 25.0 Å². The molecule has 1 unspecified atom stereocenters. The van der Waals surface area contributed by atoms with E-state index < -0.39 is 5.54 Å². The highest BCUT2D eigenvalue weighted by molar-refractivity contribution is 5.80. The SMILES string of the molecule is CCC12COCCN1c1nc(-c3ccncc3-c3ccccc3)ncc1-n1c(C)nnc12. The highest BCUT2D eigenvalue weighted by Crippen LogP contribution is 2.45. The molecule has 8 heteroatoms. The van der Waals surface area contributed by atoms with Crippen molar-refractivity contribution in [3.8, 4) is 28.2 Å². The summed E-state index contributed by atoms with van der Waals surface area (Å²) in [4.78, 5) is 16.6. The molecule has 0 N–H and O–H groups in total. The lowest BCUT2D eigenvalue weighted by atomic mass is 9.90. The maximum absolute atomic E-state index is 5.93. The minimum atomic E-state index is -0.390. The van der Waals surface area contributed by atoms with E-state index in [2.05, 4.69) is 43.7 Å². The monoisotopic (exact) mass is 425 g/mol. The van der Waals surface area contributed by atoms with Gasteiger partial charge in [-0.05, 0) is 25.0 Å². The van der Waals surface area contributed by atoms with Gasteiger partial charge in [-0.2, -0.15) is 0 Å². The van der Waals surface area contributed by atoms with Crippen LogP contribution in [-0.4, -0.2) is 49.5 Å². The summed E-state index contributed by atoms with van der Waals surface area (Å²) >= 11 is 0. The fourth-order valence-electron chi connectivity index (χ4n) is 4.88. The molecule has 8 nitrogen and oxygen atoms in total. The molecule has 1 fully saturated rings. The van der Waals surface area contributed by atoms with Crippen molar-refractivity contribution in [3.63, 3.8) is 0 Å². The van der Waals surface area contributed by atoms with Crippen LogP contribution in [0.5, 0.6) is 0 Å². The Morgan fingerprint density at radius 1 is 1.06 bits per heavy atom. The molecule has 4 aromatic rings. The lowest BCUT2D eigenvalue weighted by molar-refractivity contribution is 0.0390. The molecule has 0 saturated carbocycles. The zero-order valence-corrected chi connectivity index (χ0v) is 18.1. The number of aromatic nitrogens is 6. The van der Waals surface area contributed by atoms with E-state index >= 15 is 0 Å². The Balaban J connectivity index is 1.57. The first kappa shape index (κ1) is 19.1. The summed E-state index contributed by atoms with van der Waals surface area (Å²) in [6.45, 7) is 6.08. The highest BCUT2D eigenvalue weighted by atomic mass is 16.5. The van der Waals surface area contributed by atoms with Gasteiger partial charge < -0.3 is 9.64 Å². The predicted molar refractivity (Wildman–Crippen MR) is 120 cm³/mol. The number of hydrogen-bond acceptors (Lipinski definition) is 7. The summed E-state index contributed by atoms with van der Waals surface area (Å²) in [6, 6.07) is 12.2. The summed E-state index contributed by atoms with van der Waals surface area (Å²) in [5.74, 6) is 3.29. The zero-order valence-electron chi connectivity index (χ0n) is 18.1. The molecular weight excluding hydrogens is 402 g/mol. The van der Waals surface area contributed by atoms with Crippen LogP contribution in [0.3, 0.4) is 0 Å². The van der Waals surface area contributed by atoms with Gasteiger partial charge in [0.05, 0.1) is 19.4 Å². The van der Waals surface area contributed by atoms with Crippen molar-refractivity contribution in [2.24, 2.45) is 0 Å². The van der Waals surface area contributed by atoms with Crippen molar-refractivity contribution in [1.29, 1.82) is 0 Å². The molecule has 32 heavy (non-hydrogen) atoms. The van der Waals surface area contributed by atoms with E-state index in [-0.39, 0.29) is 0 Å². The molecule has 2 aliphatic rings. The Bertz CT molecular complexity index is 1300. The molecule has 6 rings (SSSR count). The first-order valence-corrected chi connectivity index (χ1v) is 10.9. The largest absolute Gasteiger partial charge is 0.377 e. The van der Waals surface area contributed by atoms with Crippen LogP contribution in [0.25, 0.3) is 28.2 Å². The highest BCUT2D eigenvalue weighted by Gasteiger charge is 2.49. The number of benzene rings is 1. The second-order valence-electron chi connectivity index (χ2n) is 8.19. The number of hydrogen-bond donors (Lipinski definition) is 0. The molecule has 1 saturated heterocycles. The van der Waals surface area contributed by atoms with Crippen molar-refractivity contribution in [2.75, 3.05) is 24.7 Å². The Kier molecular flexibility index (Phi) is 4.29. The van der Waals surface area contributed by atoms with E-state index in [1.165, 1.54) is 0 Å². The maximum atomic E-state index is 5.93. The molecule has 0 spiro atoms. The number of morpholine rings is 1. The van der Waals surface area contributed by atoms with E-state index in [9.17, 15) is 0 Å². The average Bonchev–Trinajstić information content (AvgIpc) is 3.26. The zero-order chi connectivity index (χ0) is 21.7. The van der Waals surface area contributed by atoms with Crippen molar-refractivity contribution in [3.05, 3.63) is 66.6 Å². The van der Waals surface area contributed by atoms with Gasteiger partial charge in [0.1, 0.15) is 17.1 Å². The van der Waals surface area contributed by atoms with Gasteiger partial charge in [-0.1, -0.05) is 37.3 Å². The number of aryl methyl sites for hydroxylation is 1. The Morgan fingerprint density at radius 2 is 1.94 bits per heavy atom. The third-order valence-corrected chi connectivity index (χ3v) is 6.54. The van der Waals surface area contributed by atoms with Crippen LogP contribution in [0.4, 0.5) is 5.82 Å². The molecule has 2 aliphatic heterocycles. The van der Waals surface area contributed by atoms with Crippen LogP contribution in [0, 0.1) is 6.92 Å². The number of anilines is 1. The van der Waals surface area contributed by atoms with E-state index in [1.807, 2.05) is 43.6 Å². The van der Waals surface area contributed by atoms with Crippen LogP contribution in [0.2, 0.25) is 0 Å². The number of pyridine rings is 1. The summed E-state index contributed by atoms with van der Waals surface area (Å²) in [6.07, 6.45) is 6.40. The van der Waals surface area contributed by atoms with Crippen LogP contribution in [0.15, 0.2) is 55.0 Å². The Morgan fingerprint density at radius 3 is 2.78 bits per heavy atom. The van der Waals surface area contributed by atoms with Crippen LogP contribution >= 0.6 is 0 Å². The second kappa shape index (κ2) is 7.20. The lowest BCUT2D eigenvalue weighted by Crippen LogP contribution is -2.58. The van der Waals surface area contributed by atoms with Gasteiger partial charge in [0, 0.05) is 30.1 Å². The van der Waals surface area contributed by atoms with Gasteiger partial charge in [0.2, 0.25) is 0 Å². The maximum Gasteiger partial charge on any atom is 0.166 e. The third kappa shape index (κ3) is 2.62. The second-order valence-corrected chi connectivity index (χ2v) is 8.19. The van der Waals surface area contributed by atoms with Crippen LogP contribution in [-0.2, 0) is 10.3 Å². The van der Waals surface area contributed by atoms with Crippen molar-refractivity contribution >= 4 is 5.82 Å². The molecular formula is C24H23N7O. The average molecular weight is 425 g/mol. The van der Waals surface area contributed by atoms with Gasteiger partial charge >= 0.3 is 0 Å². The van der Waals surface area contributed by atoms with Gasteiger partial charge in [-0.3, -0.25) is 9.55 Å².